The molecular weight excluding hydrogens is 400 g/mol. The summed E-state index contributed by atoms with van der Waals surface area (Å²) in [5, 5.41) is 4.25. The van der Waals surface area contributed by atoms with Crippen LogP contribution in [0.5, 0.6) is 0 Å². The molecule has 3 rings (SSSR count). The summed E-state index contributed by atoms with van der Waals surface area (Å²) in [6.45, 7) is 11.1. The average molecular weight is 439 g/mol. The summed E-state index contributed by atoms with van der Waals surface area (Å²) in [6.07, 6.45) is 11.1. The van der Waals surface area contributed by atoms with Crippen LogP contribution >= 0.6 is 11.6 Å². The number of halogens is 1. The first-order valence-electron chi connectivity index (χ1n) is 12.0. The summed E-state index contributed by atoms with van der Waals surface area (Å²) in [7, 11) is 2.02. The van der Waals surface area contributed by atoms with Gasteiger partial charge in [-0.2, -0.15) is 0 Å². The van der Waals surface area contributed by atoms with E-state index < -0.39 is 0 Å². The van der Waals surface area contributed by atoms with Gasteiger partial charge in [0.05, 0.1) is 0 Å². The Bertz CT molecular complexity index is 892. The molecule has 1 aliphatic rings. The van der Waals surface area contributed by atoms with Gasteiger partial charge in [0, 0.05) is 41.9 Å². The Morgan fingerprint density at radius 3 is 2.39 bits per heavy atom. The number of hydrogen-bond acceptors (Lipinski definition) is 2. The van der Waals surface area contributed by atoms with Crippen molar-refractivity contribution in [2.75, 3.05) is 30.4 Å². The molecule has 1 atom stereocenters. The van der Waals surface area contributed by atoms with Crippen molar-refractivity contribution in [2.45, 2.75) is 65.2 Å². The third-order valence-electron chi connectivity index (χ3n) is 7.35. The van der Waals surface area contributed by atoms with Crippen molar-refractivity contribution in [1.29, 1.82) is 0 Å². The van der Waals surface area contributed by atoms with Gasteiger partial charge in [0.25, 0.3) is 0 Å². The van der Waals surface area contributed by atoms with Crippen molar-refractivity contribution < 1.29 is 0 Å². The molecule has 2 aromatic rings. The summed E-state index contributed by atoms with van der Waals surface area (Å²) < 4.78 is 0. The molecule has 1 aliphatic carbocycles. The summed E-state index contributed by atoms with van der Waals surface area (Å²) in [4.78, 5) is 2.40. The van der Waals surface area contributed by atoms with Crippen molar-refractivity contribution in [2.24, 2.45) is 5.92 Å². The summed E-state index contributed by atoms with van der Waals surface area (Å²) in [6, 6.07) is 13.2. The molecule has 0 unspecified atom stereocenters. The number of allylic oxidation sites excluding steroid dienone is 1. The second-order valence-corrected chi connectivity index (χ2v) is 9.45. The standard InChI is InChI=1S/C28H39ClN2/c1-6-31(7-2)25-15-13-23(21(3)19-25)12-11-22(4)28(17-9-8-10-18-28)26-20-24(29)14-16-27(26)30-5/h11-16,19-20,22,30H,6-10,17-18H2,1-5H3/b12-11+/t22-/m1/s1. The number of benzene rings is 2. The molecule has 0 radical (unpaired) electrons. The predicted molar refractivity (Wildman–Crippen MR) is 139 cm³/mol. The Morgan fingerprint density at radius 1 is 1.06 bits per heavy atom. The minimum atomic E-state index is 0.132. The van der Waals surface area contributed by atoms with Crippen LogP contribution in [0.25, 0.3) is 6.08 Å². The van der Waals surface area contributed by atoms with Crippen LogP contribution in [0.2, 0.25) is 5.02 Å². The Kier molecular flexibility index (Phi) is 8.11. The molecule has 0 aromatic heterocycles. The molecule has 31 heavy (non-hydrogen) atoms. The number of nitrogens with one attached hydrogen (secondary N) is 1. The van der Waals surface area contributed by atoms with Crippen LogP contribution in [-0.2, 0) is 5.41 Å². The van der Waals surface area contributed by atoms with Crippen molar-refractivity contribution in [3.63, 3.8) is 0 Å². The minimum Gasteiger partial charge on any atom is -0.388 e. The summed E-state index contributed by atoms with van der Waals surface area (Å²) in [5.41, 5.74) is 6.69. The largest absolute Gasteiger partial charge is 0.388 e. The van der Waals surface area contributed by atoms with Gasteiger partial charge < -0.3 is 10.2 Å². The van der Waals surface area contributed by atoms with Gasteiger partial charge in [0.1, 0.15) is 0 Å². The first kappa shape index (κ1) is 23.7. The molecule has 0 bridgehead atoms. The van der Waals surface area contributed by atoms with E-state index in [0.717, 1.165) is 18.1 Å². The zero-order chi connectivity index (χ0) is 22.4. The summed E-state index contributed by atoms with van der Waals surface area (Å²) in [5.74, 6) is 0.431. The average Bonchev–Trinajstić information content (AvgIpc) is 2.79. The van der Waals surface area contributed by atoms with Crippen LogP contribution in [0.15, 0.2) is 42.5 Å². The lowest BCUT2D eigenvalue weighted by Crippen LogP contribution is -2.36. The first-order chi connectivity index (χ1) is 14.9. The maximum atomic E-state index is 6.47. The zero-order valence-corrected chi connectivity index (χ0v) is 20.7. The molecule has 0 saturated heterocycles. The van der Waals surface area contributed by atoms with Crippen molar-refractivity contribution in [1.82, 2.24) is 0 Å². The van der Waals surface area contributed by atoms with E-state index >= 15 is 0 Å². The van der Waals surface area contributed by atoms with E-state index in [9.17, 15) is 0 Å². The van der Waals surface area contributed by atoms with Gasteiger partial charge >= 0.3 is 0 Å². The molecule has 0 spiro atoms. The van der Waals surface area contributed by atoms with Crippen LogP contribution in [0.1, 0.15) is 69.6 Å². The van der Waals surface area contributed by atoms with Crippen molar-refractivity contribution >= 4 is 29.1 Å². The van der Waals surface area contributed by atoms with Gasteiger partial charge in [-0.25, -0.2) is 0 Å². The van der Waals surface area contributed by atoms with Crippen LogP contribution in [0.3, 0.4) is 0 Å². The van der Waals surface area contributed by atoms with Crippen LogP contribution in [-0.4, -0.2) is 20.1 Å². The van der Waals surface area contributed by atoms with E-state index in [4.69, 9.17) is 11.6 Å². The lowest BCUT2D eigenvalue weighted by Gasteiger charge is -2.43. The van der Waals surface area contributed by atoms with Gasteiger partial charge in [0.15, 0.2) is 0 Å². The third kappa shape index (κ3) is 5.12. The van der Waals surface area contributed by atoms with Gasteiger partial charge in [-0.1, -0.05) is 56.0 Å². The fraction of sp³-hybridized carbons (Fsp3) is 0.500. The van der Waals surface area contributed by atoms with Crippen molar-refractivity contribution in [3.05, 3.63) is 64.2 Å². The third-order valence-corrected chi connectivity index (χ3v) is 7.59. The van der Waals surface area contributed by atoms with Gasteiger partial charge in [0.2, 0.25) is 0 Å². The predicted octanol–water partition coefficient (Wildman–Crippen LogP) is 8.09. The Morgan fingerprint density at radius 2 is 1.77 bits per heavy atom. The van der Waals surface area contributed by atoms with Gasteiger partial charge in [-0.15, -0.1) is 0 Å². The Labute approximate surface area is 194 Å². The maximum Gasteiger partial charge on any atom is 0.0410 e. The number of hydrogen-bond donors (Lipinski definition) is 1. The number of aryl methyl sites for hydroxylation is 1. The number of anilines is 2. The second kappa shape index (κ2) is 10.6. The zero-order valence-electron chi connectivity index (χ0n) is 20.0. The van der Waals surface area contributed by atoms with Crippen LogP contribution in [0, 0.1) is 12.8 Å². The summed E-state index contributed by atoms with van der Waals surface area (Å²) >= 11 is 6.47. The molecule has 1 fully saturated rings. The highest BCUT2D eigenvalue weighted by atomic mass is 35.5. The normalized spacial score (nSPS) is 17.0. The second-order valence-electron chi connectivity index (χ2n) is 9.02. The lowest BCUT2D eigenvalue weighted by molar-refractivity contribution is 0.236. The first-order valence-corrected chi connectivity index (χ1v) is 12.3. The topological polar surface area (TPSA) is 15.3 Å². The van der Waals surface area contributed by atoms with Gasteiger partial charge in [-0.05, 0) is 86.6 Å². The van der Waals surface area contributed by atoms with E-state index in [2.05, 4.69) is 80.4 Å². The minimum absolute atomic E-state index is 0.132. The van der Waals surface area contributed by atoms with Crippen molar-refractivity contribution in [3.8, 4) is 0 Å². The molecule has 0 aliphatic heterocycles. The molecule has 2 aromatic carbocycles. The van der Waals surface area contributed by atoms with E-state index in [1.54, 1.807) is 0 Å². The van der Waals surface area contributed by atoms with Crippen LogP contribution < -0.4 is 10.2 Å². The number of rotatable bonds is 8. The fourth-order valence-corrected chi connectivity index (χ4v) is 5.54. The maximum absolute atomic E-state index is 6.47. The molecule has 1 saturated carbocycles. The fourth-order valence-electron chi connectivity index (χ4n) is 5.36. The SMILES string of the molecule is CCN(CC)c1ccc(/C=C/[C@@H](C)C2(c3cc(Cl)ccc3NC)CCCCC2)c(C)c1. The smallest absolute Gasteiger partial charge is 0.0410 e. The number of nitrogens with zero attached hydrogens (tertiary/aromatic N) is 1. The van der Waals surface area contributed by atoms with E-state index in [-0.39, 0.29) is 5.41 Å². The van der Waals surface area contributed by atoms with E-state index in [0.29, 0.717) is 5.92 Å². The quantitative estimate of drug-likeness (QED) is 0.447. The van der Waals surface area contributed by atoms with Crippen LogP contribution in [0.4, 0.5) is 11.4 Å². The Hall–Kier alpha value is -1.93. The molecular formula is C28H39ClN2. The van der Waals surface area contributed by atoms with Gasteiger partial charge in [-0.3, -0.25) is 0 Å². The molecule has 168 valence electrons. The molecule has 2 nitrogen and oxygen atoms in total. The molecule has 1 N–H and O–H groups in total. The molecule has 0 heterocycles. The van der Waals surface area contributed by atoms with E-state index in [1.807, 2.05) is 13.1 Å². The lowest BCUT2D eigenvalue weighted by atomic mass is 9.62. The molecule has 3 heteroatoms. The van der Waals surface area contributed by atoms with E-state index in [1.165, 1.54) is 60.2 Å². The highest BCUT2D eigenvalue weighted by Crippen LogP contribution is 2.49. The highest BCUT2D eigenvalue weighted by molar-refractivity contribution is 6.30. The molecule has 0 amide bonds. The highest BCUT2D eigenvalue weighted by Gasteiger charge is 2.39. The Balaban J connectivity index is 1.93. The monoisotopic (exact) mass is 438 g/mol.